The monoisotopic (exact) mass is 399 g/mol. The van der Waals surface area contributed by atoms with Crippen LogP contribution >= 0.6 is 10.8 Å². The van der Waals surface area contributed by atoms with Crippen LogP contribution in [0.5, 0.6) is 0 Å². The van der Waals surface area contributed by atoms with Crippen LogP contribution in [0.3, 0.4) is 0 Å². The summed E-state index contributed by atoms with van der Waals surface area (Å²) < 4.78 is 29.7. The molecule has 0 aromatic heterocycles. The molecular weight excluding hydrogens is 370 g/mol. The first-order valence-electron chi connectivity index (χ1n) is 9.15. The van der Waals surface area contributed by atoms with Gasteiger partial charge in [-0.3, -0.25) is 4.79 Å². The molecule has 0 spiro atoms. The van der Waals surface area contributed by atoms with Gasteiger partial charge < -0.3 is 9.64 Å². The van der Waals surface area contributed by atoms with Crippen molar-refractivity contribution in [3.63, 3.8) is 0 Å². The molecule has 0 aliphatic carbocycles. The van der Waals surface area contributed by atoms with E-state index >= 15 is 0 Å². The predicted molar refractivity (Wildman–Crippen MR) is 106 cm³/mol. The number of nitrogens with zero attached hydrogens (tertiary/aromatic N) is 1. The maximum Gasteiger partial charge on any atom is 0.311 e. The van der Waals surface area contributed by atoms with Crippen molar-refractivity contribution >= 4 is 25.6 Å². The summed E-state index contributed by atoms with van der Waals surface area (Å²) in [5.74, 6) is -0.0299. The van der Waals surface area contributed by atoms with Crippen LogP contribution in [-0.2, 0) is 18.4 Å². The van der Waals surface area contributed by atoms with Gasteiger partial charge in [0.15, 0.2) is 0 Å². The molecule has 5 nitrogen and oxygen atoms in total. The first kappa shape index (κ1) is 21.3. The molecule has 0 atom stereocenters. The Kier molecular flexibility index (Phi) is 7.98. The van der Waals surface area contributed by atoms with Crippen LogP contribution in [0.4, 0.5) is 0 Å². The summed E-state index contributed by atoms with van der Waals surface area (Å²) >= 11 is 0. The van der Waals surface area contributed by atoms with E-state index in [9.17, 15) is 13.2 Å². The van der Waals surface area contributed by atoms with Gasteiger partial charge >= 0.3 is 5.97 Å². The molecule has 1 fully saturated rings. The van der Waals surface area contributed by atoms with Crippen molar-refractivity contribution in [3.8, 4) is 0 Å². The minimum atomic E-state index is -3.40. The van der Waals surface area contributed by atoms with Gasteiger partial charge in [0.1, 0.15) is 6.61 Å². The number of benzene rings is 1. The number of ether oxygens (including phenoxy) is 1. The van der Waals surface area contributed by atoms with E-state index in [-0.39, 0.29) is 23.2 Å². The number of carbonyl (C=O) groups excluding carboxylic acids is 1. The fourth-order valence-electron chi connectivity index (χ4n) is 2.85. The molecule has 2 rings (SSSR count). The largest absolute Gasteiger partial charge is 0.464 e. The SMILES string of the molecule is CC(C)(CCN1CCCCC1)C(=O)OCCSS(=O)(=O)c1ccccc1. The third kappa shape index (κ3) is 6.59. The van der Waals surface area contributed by atoms with Gasteiger partial charge in [-0.15, -0.1) is 0 Å². The molecule has 0 N–H and O–H groups in total. The summed E-state index contributed by atoms with van der Waals surface area (Å²) in [4.78, 5) is 15.0. The summed E-state index contributed by atoms with van der Waals surface area (Å²) in [6.45, 7) is 7.01. The maximum atomic E-state index is 12.3. The molecule has 146 valence electrons. The van der Waals surface area contributed by atoms with Crippen molar-refractivity contribution in [1.82, 2.24) is 4.90 Å². The topological polar surface area (TPSA) is 63.7 Å². The summed E-state index contributed by atoms with van der Waals surface area (Å²) in [6, 6.07) is 8.30. The Hall–Kier alpha value is -1.05. The highest BCUT2D eigenvalue weighted by Crippen LogP contribution is 2.25. The number of hydrogen-bond acceptors (Lipinski definition) is 6. The van der Waals surface area contributed by atoms with E-state index in [0.29, 0.717) is 0 Å². The molecule has 1 aliphatic heterocycles. The van der Waals surface area contributed by atoms with Crippen LogP contribution in [-0.4, -0.2) is 51.3 Å². The molecule has 7 heteroatoms. The number of piperidine rings is 1. The molecule has 1 aromatic rings. The van der Waals surface area contributed by atoms with E-state index in [1.54, 1.807) is 30.3 Å². The van der Waals surface area contributed by atoms with Crippen LogP contribution < -0.4 is 0 Å². The van der Waals surface area contributed by atoms with Crippen LogP contribution in [0, 0.1) is 5.41 Å². The highest BCUT2D eigenvalue weighted by Gasteiger charge is 2.30. The third-order valence-electron chi connectivity index (χ3n) is 4.64. The number of carbonyl (C=O) groups is 1. The number of likely N-dealkylation sites (tertiary alicyclic amines) is 1. The van der Waals surface area contributed by atoms with Crippen LogP contribution in [0.2, 0.25) is 0 Å². The Bertz CT molecular complexity index is 668. The fraction of sp³-hybridized carbons (Fsp3) is 0.632. The molecule has 0 radical (unpaired) electrons. The lowest BCUT2D eigenvalue weighted by Gasteiger charge is -2.30. The van der Waals surface area contributed by atoms with Crippen LogP contribution in [0.1, 0.15) is 39.5 Å². The molecule has 26 heavy (non-hydrogen) atoms. The Morgan fingerprint density at radius 1 is 1.15 bits per heavy atom. The average Bonchev–Trinajstić information content (AvgIpc) is 2.65. The van der Waals surface area contributed by atoms with Gasteiger partial charge in [-0.2, -0.15) is 0 Å². The van der Waals surface area contributed by atoms with E-state index in [2.05, 4.69) is 4.90 Å². The standard InChI is InChI=1S/C19H29NO4S2/c1-19(2,11-14-20-12-7-4-8-13-20)18(21)24-15-16-25-26(22,23)17-9-5-3-6-10-17/h3,5-6,9-10H,4,7-8,11-16H2,1-2H3. The highest BCUT2D eigenvalue weighted by atomic mass is 33.1. The number of hydrogen-bond donors (Lipinski definition) is 0. The lowest BCUT2D eigenvalue weighted by Crippen LogP contribution is -2.36. The van der Waals surface area contributed by atoms with Gasteiger partial charge in [-0.05, 0) is 75.7 Å². The Labute approximate surface area is 160 Å². The molecule has 0 unspecified atom stereocenters. The second-order valence-electron chi connectivity index (χ2n) is 7.26. The fourth-order valence-corrected chi connectivity index (χ4v) is 5.45. The molecule has 1 heterocycles. The summed E-state index contributed by atoms with van der Waals surface area (Å²) in [5, 5.41) is 0. The van der Waals surface area contributed by atoms with Crippen molar-refractivity contribution in [1.29, 1.82) is 0 Å². The molecular formula is C19H29NO4S2. The average molecular weight is 400 g/mol. The smallest absolute Gasteiger partial charge is 0.311 e. The second-order valence-corrected chi connectivity index (χ2v) is 11.3. The maximum absolute atomic E-state index is 12.3. The van der Waals surface area contributed by atoms with E-state index in [1.807, 2.05) is 13.8 Å². The molecule has 1 saturated heterocycles. The van der Waals surface area contributed by atoms with Gasteiger partial charge in [0, 0.05) is 5.75 Å². The van der Waals surface area contributed by atoms with Gasteiger partial charge in [0.05, 0.1) is 10.3 Å². The third-order valence-corrected chi connectivity index (χ3v) is 8.14. The summed E-state index contributed by atoms with van der Waals surface area (Å²) in [7, 11) is -2.59. The molecule has 1 aromatic carbocycles. The zero-order chi connectivity index (χ0) is 19.0. The lowest BCUT2D eigenvalue weighted by atomic mass is 9.89. The Balaban J connectivity index is 1.71. The van der Waals surface area contributed by atoms with Crippen molar-refractivity contribution in [2.24, 2.45) is 5.41 Å². The predicted octanol–water partition coefficient (Wildman–Crippen LogP) is 3.55. The van der Waals surface area contributed by atoms with Crippen LogP contribution in [0.15, 0.2) is 35.2 Å². The van der Waals surface area contributed by atoms with E-state index in [0.717, 1.165) is 36.8 Å². The normalized spacial score (nSPS) is 16.4. The van der Waals surface area contributed by atoms with E-state index in [4.69, 9.17) is 4.74 Å². The Morgan fingerprint density at radius 2 is 1.81 bits per heavy atom. The van der Waals surface area contributed by atoms with Crippen molar-refractivity contribution in [2.45, 2.75) is 44.4 Å². The van der Waals surface area contributed by atoms with Crippen LogP contribution in [0.25, 0.3) is 0 Å². The zero-order valence-electron chi connectivity index (χ0n) is 15.6. The van der Waals surface area contributed by atoms with Crippen molar-refractivity contribution in [3.05, 3.63) is 30.3 Å². The Morgan fingerprint density at radius 3 is 2.46 bits per heavy atom. The zero-order valence-corrected chi connectivity index (χ0v) is 17.3. The van der Waals surface area contributed by atoms with E-state index < -0.39 is 14.3 Å². The molecule has 0 bridgehead atoms. The molecule has 0 saturated carbocycles. The van der Waals surface area contributed by atoms with Crippen molar-refractivity contribution < 1.29 is 17.9 Å². The minimum absolute atomic E-state index is 0.0999. The summed E-state index contributed by atoms with van der Waals surface area (Å²) in [5.41, 5.74) is -0.555. The first-order chi connectivity index (χ1) is 12.3. The number of esters is 1. The molecule has 0 amide bonds. The van der Waals surface area contributed by atoms with Gasteiger partial charge in [0.2, 0.25) is 8.87 Å². The van der Waals surface area contributed by atoms with Crippen molar-refractivity contribution in [2.75, 3.05) is 32.0 Å². The highest BCUT2D eigenvalue weighted by molar-refractivity contribution is 8.72. The summed E-state index contributed by atoms with van der Waals surface area (Å²) in [6.07, 6.45) is 4.52. The minimum Gasteiger partial charge on any atom is -0.464 e. The first-order valence-corrected chi connectivity index (χ1v) is 12.1. The molecule has 1 aliphatic rings. The van der Waals surface area contributed by atoms with E-state index in [1.165, 1.54) is 19.3 Å². The van der Waals surface area contributed by atoms with Gasteiger partial charge in [0.25, 0.3) is 0 Å². The second kappa shape index (κ2) is 9.76. The number of rotatable bonds is 9. The lowest BCUT2D eigenvalue weighted by molar-refractivity contribution is -0.153. The van der Waals surface area contributed by atoms with Gasteiger partial charge in [-0.25, -0.2) is 8.42 Å². The quantitative estimate of drug-likeness (QED) is 0.359. The van der Waals surface area contributed by atoms with Gasteiger partial charge in [-0.1, -0.05) is 24.6 Å².